The van der Waals surface area contributed by atoms with Gasteiger partial charge in [-0.25, -0.2) is 20.0 Å². The summed E-state index contributed by atoms with van der Waals surface area (Å²) in [5.41, 5.74) is 4.26. The van der Waals surface area contributed by atoms with E-state index in [2.05, 4.69) is 10.4 Å². The molecule has 0 spiro atoms. The minimum absolute atomic E-state index is 0.0785. The Bertz CT molecular complexity index is 1040. The molecule has 0 aromatic heterocycles. The van der Waals surface area contributed by atoms with Gasteiger partial charge in [-0.05, 0) is 36.6 Å². The van der Waals surface area contributed by atoms with Crippen LogP contribution in [0.2, 0.25) is 0 Å². The number of carbonyl (C=O) groups is 3. The van der Waals surface area contributed by atoms with E-state index >= 15 is 0 Å². The Morgan fingerprint density at radius 3 is 1.97 bits per heavy atom. The standard InChI is InChI=1S/C24H22N2O5/c27-16-12-11-15-17(16)18-20-22(31-24(29)14-9-5-2-6-10-14)21(19(15)26(20)25-18)30-23(28)13-7-3-1-4-8-13/h1-10,15,17-22,25H,11-12H2. The highest BCUT2D eigenvalue weighted by Crippen LogP contribution is 2.54. The third-order valence-corrected chi connectivity index (χ3v) is 7.19. The zero-order valence-corrected chi connectivity index (χ0v) is 16.7. The molecule has 2 aromatic rings. The van der Waals surface area contributed by atoms with Crippen LogP contribution >= 0.6 is 0 Å². The molecular weight excluding hydrogens is 396 g/mol. The SMILES string of the molecule is O=C(OC1C(OC(=O)c2ccccc2)C2C3NN2C1C1CCC(=O)C13)c1ccccc1. The number of nitrogens with zero attached hydrogens (tertiary/aromatic N) is 1. The molecule has 2 aromatic carbocycles. The van der Waals surface area contributed by atoms with Crippen LogP contribution in [0.5, 0.6) is 0 Å². The highest BCUT2D eigenvalue weighted by molar-refractivity contribution is 5.91. The number of ether oxygens (including phenoxy) is 2. The van der Waals surface area contributed by atoms with Crippen molar-refractivity contribution in [2.45, 2.75) is 43.2 Å². The van der Waals surface area contributed by atoms with Crippen molar-refractivity contribution in [2.75, 3.05) is 0 Å². The third-order valence-electron chi connectivity index (χ3n) is 7.19. The minimum Gasteiger partial charge on any atom is -0.453 e. The first-order valence-corrected chi connectivity index (χ1v) is 10.7. The van der Waals surface area contributed by atoms with Crippen LogP contribution in [0.4, 0.5) is 0 Å². The molecule has 1 aliphatic carbocycles. The number of hydrogen-bond acceptors (Lipinski definition) is 7. The molecule has 0 radical (unpaired) electrons. The summed E-state index contributed by atoms with van der Waals surface area (Å²) in [6.07, 6.45) is 0.0611. The molecule has 7 heteroatoms. The van der Waals surface area contributed by atoms with E-state index in [1.165, 1.54) is 0 Å². The van der Waals surface area contributed by atoms with Gasteiger partial charge < -0.3 is 9.47 Å². The first kappa shape index (κ1) is 18.7. The quantitative estimate of drug-likeness (QED) is 0.760. The Morgan fingerprint density at radius 1 is 0.839 bits per heavy atom. The van der Waals surface area contributed by atoms with Crippen LogP contribution in [0.1, 0.15) is 33.6 Å². The number of ketones is 1. The molecule has 3 aliphatic heterocycles. The molecule has 31 heavy (non-hydrogen) atoms. The van der Waals surface area contributed by atoms with Crippen LogP contribution in [-0.2, 0) is 14.3 Å². The molecule has 158 valence electrons. The summed E-state index contributed by atoms with van der Waals surface area (Å²) in [6, 6.07) is 17.2. The van der Waals surface area contributed by atoms with E-state index in [9.17, 15) is 14.4 Å². The van der Waals surface area contributed by atoms with Gasteiger partial charge in [-0.15, -0.1) is 0 Å². The highest BCUT2D eigenvalue weighted by Gasteiger charge is 2.72. The Kier molecular flexibility index (Phi) is 4.23. The smallest absolute Gasteiger partial charge is 0.338 e. The van der Waals surface area contributed by atoms with Crippen LogP contribution in [0.15, 0.2) is 60.7 Å². The largest absolute Gasteiger partial charge is 0.453 e. The lowest BCUT2D eigenvalue weighted by molar-refractivity contribution is -0.156. The summed E-state index contributed by atoms with van der Waals surface area (Å²) < 4.78 is 11.9. The van der Waals surface area contributed by atoms with Crippen molar-refractivity contribution in [3.8, 4) is 0 Å². The number of fused-ring (bicyclic) bond motifs is 3. The summed E-state index contributed by atoms with van der Waals surface area (Å²) in [7, 11) is 0. The fourth-order valence-corrected chi connectivity index (χ4v) is 5.91. The molecule has 4 aliphatic rings. The van der Waals surface area contributed by atoms with Crippen LogP contribution in [0, 0.1) is 11.8 Å². The lowest BCUT2D eigenvalue weighted by Gasteiger charge is -2.57. The minimum atomic E-state index is -0.635. The monoisotopic (exact) mass is 418 g/mol. The van der Waals surface area contributed by atoms with Crippen LogP contribution in [0.3, 0.4) is 0 Å². The Morgan fingerprint density at radius 2 is 1.39 bits per heavy atom. The van der Waals surface area contributed by atoms with Crippen molar-refractivity contribution in [1.82, 2.24) is 10.4 Å². The number of esters is 2. The van der Waals surface area contributed by atoms with Gasteiger partial charge >= 0.3 is 11.9 Å². The topological polar surface area (TPSA) is 84.9 Å². The first-order chi connectivity index (χ1) is 15.1. The summed E-state index contributed by atoms with van der Waals surface area (Å²) in [4.78, 5) is 38.3. The average Bonchev–Trinajstić information content (AvgIpc) is 3.26. The van der Waals surface area contributed by atoms with Crippen molar-refractivity contribution < 1.29 is 23.9 Å². The molecular formula is C24H22N2O5. The summed E-state index contributed by atoms with van der Waals surface area (Å²) >= 11 is 0. The normalized spacial score (nSPS) is 37.0. The van der Waals surface area contributed by atoms with E-state index < -0.39 is 24.1 Å². The number of benzene rings is 2. The third kappa shape index (κ3) is 2.77. The lowest BCUT2D eigenvalue weighted by Crippen LogP contribution is -2.79. The predicted octanol–water partition coefficient (Wildman–Crippen LogP) is 1.99. The molecule has 3 heterocycles. The first-order valence-electron chi connectivity index (χ1n) is 10.7. The van der Waals surface area contributed by atoms with Gasteiger partial charge in [0.05, 0.1) is 29.3 Å². The number of nitrogens with one attached hydrogen (secondary N) is 1. The van der Waals surface area contributed by atoms with E-state index in [4.69, 9.17) is 9.47 Å². The molecule has 0 amide bonds. The molecule has 8 atom stereocenters. The maximum Gasteiger partial charge on any atom is 0.338 e. The molecule has 7 nitrogen and oxygen atoms in total. The second-order valence-electron chi connectivity index (χ2n) is 8.71. The molecule has 1 saturated carbocycles. The number of rotatable bonds is 4. The molecule has 3 saturated heterocycles. The van der Waals surface area contributed by atoms with E-state index in [0.29, 0.717) is 17.5 Å². The van der Waals surface area contributed by atoms with Gasteiger partial charge in [-0.3, -0.25) is 4.79 Å². The second kappa shape index (κ2) is 7.00. The molecule has 6 rings (SSSR count). The predicted molar refractivity (Wildman–Crippen MR) is 109 cm³/mol. The average molecular weight is 418 g/mol. The molecule has 8 unspecified atom stereocenters. The van der Waals surface area contributed by atoms with Gasteiger partial charge in [0.2, 0.25) is 0 Å². The summed E-state index contributed by atoms with van der Waals surface area (Å²) in [6.45, 7) is 0. The zero-order valence-electron chi connectivity index (χ0n) is 16.7. The number of piperidine rings is 1. The van der Waals surface area contributed by atoms with Crippen molar-refractivity contribution in [3.63, 3.8) is 0 Å². The van der Waals surface area contributed by atoms with Gasteiger partial charge in [0, 0.05) is 12.3 Å². The van der Waals surface area contributed by atoms with Gasteiger partial charge in [-0.1, -0.05) is 36.4 Å². The van der Waals surface area contributed by atoms with Crippen molar-refractivity contribution in [2.24, 2.45) is 11.8 Å². The highest BCUT2D eigenvalue weighted by atomic mass is 16.6. The van der Waals surface area contributed by atoms with E-state index in [0.717, 1.165) is 6.42 Å². The molecule has 1 N–H and O–H groups in total. The van der Waals surface area contributed by atoms with Gasteiger partial charge in [0.25, 0.3) is 0 Å². The van der Waals surface area contributed by atoms with Gasteiger partial charge in [-0.2, -0.15) is 0 Å². The summed E-state index contributed by atoms with van der Waals surface area (Å²) in [5, 5.41) is 2.05. The maximum absolute atomic E-state index is 12.9. The Hall–Kier alpha value is -3.03. The van der Waals surface area contributed by atoms with E-state index in [-0.39, 0.29) is 35.7 Å². The molecule has 4 bridgehead atoms. The van der Waals surface area contributed by atoms with Crippen LogP contribution in [-0.4, -0.2) is 53.1 Å². The maximum atomic E-state index is 12.9. The van der Waals surface area contributed by atoms with Crippen molar-refractivity contribution in [3.05, 3.63) is 71.8 Å². The number of carbonyl (C=O) groups excluding carboxylic acids is 3. The van der Waals surface area contributed by atoms with Gasteiger partial charge in [0.15, 0.2) is 12.2 Å². The van der Waals surface area contributed by atoms with Crippen molar-refractivity contribution >= 4 is 17.7 Å². The Balaban J connectivity index is 1.32. The Labute approximate surface area is 179 Å². The number of hydrazine groups is 1. The number of hydrogen-bond donors (Lipinski definition) is 1. The van der Waals surface area contributed by atoms with Crippen LogP contribution in [0.25, 0.3) is 0 Å². The lowest BCUT2D eigenvalue weighted by atomic mass is 9.76. The van der Waals surface area contributed by atoms with E-state index in [1.807, 2.05) is 12.1 Å². The zero-order chi connectivity index (χ0) is 21.1. The second-order valence-corrected chi connectivity index (χ2v) is 8.71. The molecule has 4 fully saturated rings. The van der Waals surface area contributed by atoms with Crippen LogP contribution < -0.4 is 5.43 Å². The van der Waals surface area contributed by atoms with E-state index in [1.54, 1.807) is 48.5 Å². The van der Waals surface area contributed by atoms with Crippen molar-refractivity contribution in [1.29, 1.82) is 0 Å². The van der Waals surface area contributed by atoms with Gasteiger partial charge in [0.1, 0.15) is 5.78 Å². The fraction of sp³-hybridized carbons (Fsp3) is 0.375. The number of Topliss-reactive ketones (excluding diaryl/α,β-unsaturated/α-hetero) is 1. The summed E-state index contributed by atoms with van der Waals surface area (Å²) in [5.74, 6) is -0.656. The fourth-order valence-electron chi connectivity index (χ4n) is 5.91.